The third-order valence-corrected chi connectivity index (χ3v) is 12.0. The van der Waals surface area contributed by atoms with Crippen LogP contribution >= 0.6 is 0 Å². The van der Waals surface area contributed by atoms with Crippen LogP contribution in [-0.4, -0.2) is 33.5 Å². The molecule has 4 rings (SSSR count). The molecule has 0 aromatic rings. The van der Waals surface area contributed by atoms with Crippen molar-refractivity contribution < 1.29 is 19.7 Å². The van der Waals surface area contributed by atoms with E-state index in [-0.39, 0.29) is 34.4 Å². The van der Waals surface area contributed by atoms with Crippen molar-refractivity contribution in [2.75, 3.05) is 0 Å². The topological polar surface area (TPSA) is 66.8 Å². The van der Waals surface area contributed by atoms with Crippen molar-refractivity contribution in [2.45, 2.75) is 130 Å². The molecule has 34 heavy (non-hydrogen) atoms. The number of hydrogen-bond acceptors (Lipinski definition) is 3. The van der Waals surface area contributed by atoms with Crippen molar-refractivity contribution in [1.29, 1.82) is 0 Å². The normalized spacial score (nSPS) is 48.9. The molecule has 4 aliphatic rings. The van der Waals surface area contributed by atoms with E-state index in [1.165, 1.54) is 37.7 Å². The fraction of sp³-hybridized carbons (Fsp3) is 0.900. The molecule has 3 saturated carbocycles. The van der Waals surface area contributed by atoms with Crippen molar-refractivity contribution >= 4 is 5.97 Å². The lowest BCUT2D eigenvalue weighted by molar-refractivity contribution is -0.187. The average molecular weight is 475 g/mol. The van der Waals surface area contributed by atoms with E-state index in [0.29, 0.717) is 23.7 Å². The molecule has 4 nitrogen and oxygen atoms in total. The summed E-state index contributed by atoms with van der Waals surface area (Å²) in [6, 6.07) is 0. The third kappa shape index (κ3) is 3.81. The van der Waals surface area contributed by atoms with Gasteiger partial charge < -0.3 is 14.9 Å². The molecule has 2 N–H and O–H groups in total. The highest BCUT2D eigenvalue weighted by atomic mass is 16.5. The highest BCUT2D eigenvalue weighted by molar-refractivity contribution is 5.66. The van der Waals surface area contributed by atoms with Crippen molar-refractivity contribution in [3.05, 3.63) is 12.2 Å². The minimum absolute atomic E-state index is 0.0109. The Morgan fingerprint density at radius 1 is 0.971 bits per heavy atom. The van der Waals surface area contributed by atoms with E-state index >= 15 is 0 Å². The monoisotopic (exact) mass is 474 g/mol. The summed E-state index contributed by atoms with van der Waals surface area (Å²) in [6.45, 7) is 20.1. The molecule has 1 heterocycles. The van der Waals surface area contributed by atoms with Gasteiger partial charge >= 0.3 is 5.97 Å². The van der Waals surface area contributed by atoms with Gasteiger partial charge in [-0.05, 0) is 125 Å². The average Bonchev–Trinajstić information content (AvgIpc) is 3.29. The quantitative estimate of drug-likeness (QED) is 0.407. The largest absolute Gasteiger partial charge is 0.481 e. The molecule has 0 aromatic heterocycles. The maximum atomic E-state index is 11.6. The second kappa shape index (κ2) is 8.33. The maximum absolute atomic E-state index is 11.6. The number of fused-ring (bicyclic) bond motifs is 3. The first-order chi connectivity index (χ1) is 15.6. The molecule has 0 unspecified atom stereocenters. The summed E-state index contributed by atoms with van der Waals surface area (Å²) in [5.74, 6) is 1.42. The van der Waals surface area contributed by atoms with Crippen LogP contribution < -0.4 is 0 Å². The molecule has 9 atom stereocenters. The van der Waals surface area contributed by atoms with Gasteiger partial charge in [-0.2, -0.15) is 0 Å². The Balaban J connectivity index is 1.64. The van der Waals surface area contributed by atoms with Gasteiger partial charge in [-0.15, -0.1) is 0 Å². The molecule has 0 bridgehead atoms. The highest BCUT2D eigenvalue weighted by Gasteiger charge is 2.68. The number of carboxylic acids is 1. The molecule has 1 saturated heterocycles. The van der Waals surface area contributed by atoms with Gasteiger partial charge in [0.25, 0.3) is 0 Å². The maximum Gasteiger partial charge on any atom is 0.303 e. The Hall–Kier alpha value is -0.870. The standard InChI is InChI=1S/C30H50O4/c1-19(2)20-11-17-29(7)23(27(20,5)15-14-25(31)32)10-9-21-22(12-16-28(21,29)6)30(8)18-13-24(34-30)26(3,4)33/h20-24,33H,1,9-18H2,2-8H3,(H,31,32)/t20-,21+,22-,23-,24+,27-,28+,29+,30-/m0/s1. The van der Waals surface area contributed by atoms with Crippen LogP contribution in [0.5, 0.6) is 0 Å². The van der Waals surface area contributed by atoms with Crippen LogP contribution in [0.3, 0.4) is 0 Å². The number of rotatable bonds is 6. The smallest absolute Gasteiger partial charge is 0.303 e. The van der Waals surface area contributed by atoms with Gasteiger partial charge in [0.15, 0.2) is 0 Å². The van der Waals surface area contributed by atoms with Gasteiger partial charge in [0.05, 0.1) is 17.3 Å². The summed E-state index contributed by atoms with van der Waals surface area (Å²) in [5.41, 5.74) is 0.714. The first kappa shape index (κ1) is 26.2. The molecule has 0 radical (unpaired) electrons. The Kier molecular flexibility index (Phi) is 6.42. The fourth-order valence-corrected chi connectivity index (χ4v) is 10.0. The first-order valence-electron chi connectivity index (χ1n) is 13.9. The molecule has 3 aliphatic carbocycles. The van der Waals surface area contributed by atoms with E-state index in [2.05, 4.69) is 41.2 Å². The molecule has 194 valence electrons. The second-order valence-corrected chi connectivity index (χ2v) is 14.2. The number of allylic oxidation sites excluding steroid dienone is 1. The summed E-state index contributed by atoms with van der Waals surface area (Å²) in [7, 11) is 0. The SMILES string of the molecule is C=C(C)[C@@H]1CC[C@]2(C)[C@@H](CC[C@@H]3[C@@H]([C@]4(C)CC[C@H](C(C)(C)O)O4)CC[C@]32C)[C@@]1(C)CCC(=O)O. The van der Waals surface area contributed by atoms with Crippen molar-refractivity contribution in [3.8, 4) is 0 Å². The predicted octanol–water partition coefficient (Wildman–Crippen LogP) is 7.00. The summed E-state index contributed by atoms with van der Waals surface area (Å²) < 4.78 is 6.69. The molecule has 1 aliphatic heterocycles. The Morgan fingerprint density at radius 3 is 2.18 bits per heavy atom. The first-order valence-corrected chi connectivity index (χ1v) is 13.9. The number of carboxylic acid groups (broad SMARTS) is 1. The lowest BCUT2D eigenvalue weighted by Gasteiger charge is -2.66. The second-order valence-electron chi connectivity index (χ2n) is 14.2. The van der Waals surface area contributed by atoms with E-state index in [1.807, 2.05) is 13.8 Å². The van der Waals surface area contributed by atoms with Crippen LogP contribution in [0.4, 0.5) is 0 Å². The van der Waals surface area contributed by atoms with Gasteiger partial charge in [-0.25, -0.2) is 0 Å². The Labute approximate surface area is 207 Å². The number of aliphatic hydroxyl groups is 1. The zero-order valence-corrected chi connectivity index (χ0v) is 22.9. The molecular formula is C30H50O4. The van der Waals surface area contributed by atoms with Gasteiger partial charge in [0, 0.05) is 6.42 Å². The van der Waals surface area contributed by atoms with Gasteiger partial charge in [-0.3, -0.25) is 4.79 Å². The predicted molar refractivity (Wildman–Crippen MR) is 136 cm³/mol. The third-order valence-electron chi connectivity index (χ3n) is 12.0. The van der Waals surface area contributed by atoms with Gasteiger partial charge in [-0.1, -0.05) is 32.9 Å². The lowest BCUT2D eigenvalue weighted by atomic mass is 9.38. The van der Waals surface area contributed by atoms with E-state index in [4.69, 9.17) is 4.74 Å². The number of hydrogen-bond donors (Lipinski definition) is 2. The minimum Gasteiger partial charge on any atom is -0.481 e. The summed E-state index contributed by atoms with van der Waals surface area (Å²) in [4.78, 5) is 11.6. The van der Waals surface area contributed by atoms with Gasteiger partial charge in [0.2, 0.25) is 0 Å². The van der Waals surface area contributed by atoms with Crippen LogP contribution in [0.25, 0.3) is 0 Å². The van der Waals surface area contributed by atoms with E-state index in [0.717, 1.165) is 25.7 Å². The van der Waals surface area contributed by atoms with Crippen LogP contribution in [0.1, 0.15) is 113 Å². The lowest BCUT2D eigenvalue weighted by Crippen LogP contribution is -2.60. The van der Waals surface area contributed by atoms with Gasteiger partial charge in [0.1, 0.15) is 0 Å². The van der Waals surface area contributed by atoms with Crippen LogP contribution in [0.15, 0.2) is 12.2 Å². The summed E-state index contributed by atoms with van der Waals surface area (Å²) in [5, 5.41) is 20.2. The zero-order chi connectivity index (χ0) is 25.3. The van der Waals surface area contributed by atoms with Crippen molar-refractivity contribution in [3.63, 3.8) is 0 Å². The summed E-state index contributed by atoms with van der Waals surface area (Å²) in [6.07, 6.45) is 10.0. The Morgan fingerprint density at radius 2 is 1.62 bits per heavy atom. The zero-order valence-electron chi connectivity index (χ0n) is 22.9. The molecular weight excluding hydrogens is 424 g/mol. The van der Waals surface area contributed by atoms with Crippen LogP contribution in [0, 0.1) is 39.9 Å². The molecule has 0 amide bonds. The number of ether oxygens (including phenoxy) is 1. The number of carbonyl (C=O) groups is 1. The summed E-state index contributed by atoms with van der Waals surface area (Å²) >= 11 is 0. The molecule has 4 fully saturated rings. The Bertz CT molecular complexity index is 828. The molecule has 0 spiro atoms. The number of aliphatic carboxylic acids is 1. The van der Waals surface area contributed by atoms with E-state index in [9.17, 15) is 15.0 Å². The van der Waals surface area contributed by atoms with Crippen LogP contribution in [0.2, 0.25) is 0 Å². The molecule has 0 aromatic carbocycles. The van der Waals surface area contributed by atoms with Crippen LogP contribution in [-0.2, 0) is 9.53 Å². The van der Waals surface area contributed by atoms with Crippen molar-refractivity contribution in [1.82, 2.24) is 0 Å². The van der Waals surface area contributed by atoms with E-state index < -0.39 is 11.6 Å². The van der Waals surface area contributed by atoms with E-state index in [1.54, 1.807) is 0 Å². The van der Waals surface area contributed by atoms with Crippen molar-refractivity contribution in [2.24, 2.45) is 39.9 Å². The minimum atomic E-state index is -0.795. The highest BCUT2D eigenvalue weighted by Crippen LogP contribution is 2.74. The molecule has 4 heteroatoms. The fourth-order valence-electron chi connectivity index (χ4n) is 10.0.